The Bertz CT molecular complexity index is 1150. The third kappa shape index (κ3) is 3.95. The first-order valence-corrected chi connectivity index (χ1v) is 9.78. The Morgan fingerprint density at radius 1 is 0.759 bits per heavy atom. The van der Waals surface area contributed by atoms with Crippen molar-refractivity contribution in [1.82, 2.24) is 0 Å². The van der Waals surface area contributed by atoms with Gasteiger partial charge in [0.25, 0.3) is 0 Å². The van der Waals surface area contributed by atoms with Crippen LogP contribution in [0.25, 0.3) is 10.8 Å². The molecule has 0 aliphatic heterocycles. The first-order valence-electron chi connectivity index (χ1n) is 9.78. The number of nitriles is 1. The molecular formula is C27H21NO. The van der Waals surface area contributed by atoms with Crippen LogP contribution in [0, 0.1) is 11.3 Å². The Hall–Kier alpha value is -3.70. The van der Waals surface area contributed by atoms with Gasteiger partial charge in [0.15, 0.2) is 5.78 Å². The Kier molecular flexibility index (Phi) is 5.49. The first kappa shape index (κ1) is 18.7. The summed E-state index contributed by atoms with van der Waals surface area (Å²) >= 11 is 0. The third-order valence-corrected chi connectivity index (χ3v) is 5.43. The van der Waals surface area contributed by atoms with Crippen molar-refractivity contribution < 1.29 is 4.79 Å². The van der Waals surface area contributed by atoms with Gasteiger partial charge in [0.1, 0.15) is 0 Å². The standard InChI is InChI=1S/C27H21NO/c28-19-26(24-17-9-15-20-12-7-8-16-23(20)24)25(21-10-3-1-4-11-21)18-27(29)22-13-5-2-6-14-22/h1-17,25-26H,18H2/t25-,26+/m1/s1. The summed E-state index contributed by atoms with van der Waals surface area (Å²) in [5.41, 5.74) is 2.67. The van der Waals surface area contributed by atoms with Crippen LogP contribution in [0.3, 0.4) is 0 Å². The Balaban J connectivity index is 1.79. The van der Waals surface area contributed by atoms with Gasteiger partial charge in [0, 0.05) is 17.9 Å². The molecule has 0 unspecified atom stereocenters. The molecule has 0 saturated heterocycles. The second-order valence-corrected chi connectivity index (χ2v) is 7.19. The van der Waals surface area contributed by atoms with Gasteiger partial charge in [-0.25, -0.2) is 0 Å². The minimum Gasteiger partial charge on any atom is -0.294 e. The lowest BCUT2D eigenvalue weighted by Crippen LogP contribution is -2.15. The fourth-order valence-electron chi connectivity index (χ4n) is 3.97. The molecule has 4 aromatic rings. The molecule has 0 fully saturated rings. The highest BCUT2D eigenvalue weighted by Crippen LogP contribution is 2.39. The van der Waals surface area contributed by atoms with Crippen molar-refractivity contribution in [2.75, 3.05) is 0 Å². The molecule has 0 aliphatic carbocycles. The van der Waals surface area contributed by atoms with E-state index in [1.807, 2.05) is 84.9 Å². The molecule has 4 rings (SSSR count). The summed E-state index contributed by atoms with van der Waals surface area (Å²) in [7, 11) is 0. The lowest BCUT2D eigenvalue weighted by atomic mass is 9.77. The fraction of sp³-hybridized carbons (Fsp3) is 0.111. The van der Waals surface area contributed by atoms with E-state index in [1.54, 1.807) is 0 Å². The smallest absolute Gasteiger partial charge is 0.163 e. The van der Waals surface area contributed by atoms with Crippen LogP contribution in [0.4, 0.5) is 0 Å². The summed E-state index contributed by atoms with van der Waals surface area (Å²) < 4.78 is 0. The number of ketones is 1. The third-order valence-electron chi connectivity index (χ3n) is 5.43. The normalized spacial score (nSPS) is 12.8. The van der Waals surface area contributed by atoms with Crippen LogP contribution in [0.15, 0.2) is 103 Å². The van der Waals surface area contributed by atoms with Crippen LogP contribution in [0.2, 0.25) is 0 Å². The molecule has 0 radical (unpaired) electrons. The summed E-state index contributed by atoms with van der Waals surface area (Å²) in [5, 5.41) is 12.4. The predicted molar refractivity (Wildman–Crippen MR) is 117 cm³/mol. The molecule has 0 heterocycles. The van der Waals surface area contributed by atoms with Gasteiger partial charge >= 0.3 is 0 Å². The van der Waals surface area contributed by atoms with E-state index in [2.05, 4.69) is 24.3 Å². The van der Waals surface area contributed by atoms with E-state index in [-0.39, 0.29) is 18.1 Å². The van der Waals surface area contributed by atoms with Crippen LogP contribution in [-0.2, 0) is 0 Å². The van der Waals surface area contributed by atoms with E-state index < -0.39 is 5.92 Å². The largest absolute Gasteiger partial charge is 0.294 e. The van der Waals surface area contributed by atoms with E-state index in [4.69, 9.17) is 0 Å². The van der Waals surface area contributed by atoms with Crippen molar-refractivity contribution >= 4 is 16.6 Å². The van der Waals surface area contributed by atoms with Crippen LogP contribution < -0.4 is 0 Å². The first-order chi connectivity index (χ1) is 14.3. The molecule has 2 nitrogen and oxygen atoms in total. The zero-order valence-corrected chi connectivity index (χ0v) is 16.0. The maximum absolute atomic E-state index is 13.0. The molecule has 140 valence electrons. The van der Waals surface area contributed by atoms with Gasteiger partial charge in [-0.05, 0) is 21.9 Å². The van der Waals surface area contributed by atoms with Crippen LogP contribution in [0.1, 0.15) is 39.7 Å². The molecule has 0 aliphatic rings. The molecule has 0 saturated carbocycles. The lowest BCUT2D eigenvalue weighted by molar-refractivity contribution is 0.0972. The van der Waals surface area contributed by atoms with Crippen molar-refractivity contribution in [1.29, 1.82) is 5.26 Å². The molecule has 4 aromatic carbocycles. The zero-order valence-electron chi connectivity index (χ0n) is 16.0. The second-order valence-electron chi connectivity index (χ2n) is 7.19. The van der Waals surface area contributed by atoms with Crippen molar-refractivity contribution in [3.8, 4) is 6.07 Å². The molecule has 2 atom stereocenters. The number of carbonyl (C=O) groups excluding carboxylic acids is 1. The van der Waals surface area contributed by atoms with E-state index >= 15 is 0 Å². The van der Waals surface area contributed by atoms with Crippen LogP contribution in [-0.4, -0.2) is 5.78 Å². The van der Waals surface area contributed by atoms with Crippen molar-refractivity contribution in [2.45, 2.75) is 18.3 Å². The quantitative estimate of drug-likeness (QED) is 0.361. The maximum Gasteiger partial charge on any atom is 0.163 e. The van der Waals surface area contributed by atoms with E-state index in [0.717, 1.165) is 21.9 Å². The topological polar surface area (TPSA) is 40.9 Å². The molecule has 0 amide bonds. The van der Waals surface area contributed by atoms with Gasteiger partial charge in [-0.3, -0.25) is 4.79 Å². The molecule has 0 aromatic heterocycles. The van der Waals surface area contributed by atoms with E-state index in [1.165, 1.54) is 0 Å². The summed E-state index contributed by atoms with van der Waals surface area (Å²) in [6.45, 7) is 0. The van der Waals surface area contributed by atoms with Gasteiger partial charge in [-0.2, -0.15) is 5.26 Å². The van der Waals surface area contributed by atoms with Crippen molar-refractivity contribution in [3.05, 3.63) is 120 Å². The average Bonchev–Trinajstić information content (AvgIpc) is 2.80. The number of carbonyl (C=O) groups is 1. The predicted octanol–water partition coefficient (Wildman–Crippen LogP) is 6.50. The van der Waals surface area contributed by atoms with Gasteiger partial charge < -0.3 is 0 Å². The minimum atomic E-state index is -0.420. The zero-order chi connectivity index (χ0) is 20.1. The number of nitrogens with zero attached hydrogens (tertiary/aromatic N) is 1. The second kappa shape index (κ2) is 8.54. The van der Waals surface area contributed by atoms with Crippen LogP contribution >= 0.6 is 0 Å². The number of fused-ring (bicyclic) bond motifs is 1. The average molecular weight is 375 g/mol. The van der Waals surface area contributed by atoms with Crippen molar-refractivity contribution in [3.63, 3.8) is 0 Å². The molecule has 0 spiro atoms. The number of hydrogen-bond acceptors (Lipinski definition) is 2. The van der Waals surface area contributed by atoms with Gasteiger partial charge in [0.2, 0.25) is 0 Å². The number of rotatable bonds is 6. The summed E-state index contributed by atoms with van der Waals surface area (Å²) in [6.07, 6.45) is 0.287. The van der Waals surface area contributed by atoms with Gasteiger partial charge in [-0.15, -0.1) is 0 Å². The fourth-order valence-corrected chi connectivity index (χ4v) is 3.97. The highest BCUT2D eigenvalue weighted by Gasteiger charge is 2.28. The molecular weight excluding hydrogens is 354 g/mol. The molecule has 0 bridgehead atoms. The van der Waals surface area contributed by atoms with E-state index in [9.17, 15) is 10.1 Å². The molecule has 0 N–H and O–H groups in total. The van der Waals surface area contributed by atoms with Gasteiger partial charge in [-0.1, -0.05) is 103 Å². The molecule has 29 heavy (non-hydrogen) atoms. The number of benzene rings is 4. The number of hydrogen-bond donors (Lipinski definition) is 0. The monoisotopic (exact) mass is 375 g/mol. The number of Topliss-reactive ketones (excluding diaryl/α,β-unsaturated/α-hetero) is 1. The van der Waals surface area contributed by atoms with Gasteiger partial charge in [0.05, 0.1) is 12.0 Å². The van der Waals surface area contributed by atoms with Crippen LogP contribution in [0.5, 0.6) is 0 Å². The lowest BCUT2D eigenvalue weighted by Gasteiger charge is -2.24. The highest BCUT2D eigenvalue weighted by molar-refractivity contribution is 5.96. The highest BCUT2D eigenvalue weighted by atomic mass is 16.1. The maximum atomic E-state index is 13.0. The minimum absolute atomic E-state index is 0.0555. The Morgan fingerprint density at radius 2 is 1.38 bits per heavy atom. The summed E-state index contributed by atoms with van der Waals surface area (Å²) in [4.78, 5) is 13.0. The summed E-state index contributed by atoms with van der Waals surface area (Å²) in [6, 6.07) is 35.9. The Morgan fingerprint density at radius 3 is 2.10 bits per heavy atom. The Labute approximate surface area is 171 Å². The molecule has 2 heteroatoms. The SMILES string of the molecule is N#C[C@@H](c1cccc2ccccc12)[C@H](CC(=O)c1ccccc1)c1ccccc1. The summed E-state index contributed by atoms with van der Waals surface area (Å²) in [5.74, 6) is -0.587. The van der Waals surface area contributed by atoms with Crippen molar-refractivity contribution in [2.24, 2.45) is 0 Å². The van der Waals surface area contributed by atoms with E-state index in [0.29, 0.717) is 5.56 Å².